The molecule has 30 heavy (non-hydrogen) atoms. The van der Waals surface area contributed by atoms with Gasteiger partial charge >= 0.3 is 0 Å². The maximum absolute atomic E-state index is 13.2. The van der Waals surface area contributed by atoms with Gasteiger partial charge in [0.05, 0.1) is 36.7 Å². The number of imide groups is 1. The van der Waals surface area contributed by atoms with Gasteiger partial charge in [-0.3, -0.25) is 9.59 Å². The van der Waals surface area contributed by atoms with E-state index in [1.807, 2.05) is 6.92 Å². The second-order valence-corrected chi connectivity index (χ2v) is 9.05. The van der Waals surface area contributed by atoms with E-state index in [2.05, 4.69) is 10.1 Å². The van der Waals surface area contributed by atoms with E-state index < -0.39 is 30.1 Å². The number of carbonyl (C=O) groups excluding carboxylic acids is 2. The number of methoxy groups -OCH3 is 1. The van der Waals surface area contributed by atoms with Crippen LogP contribution in [0.5, 0.6) is 11.5 Å². The average molecular weight is 427 g/mol. The number of benzene rings is 1. The number of aromatic hydroxyl groups is 1. The lowest BCUT2D eigenvalue weighted by Gasteiger charge is -2.26. The van der Waals surface area contributed by atoms with E-state index in [9.17, 15) is 14.7 Å². The van der Waals surface area contributed by atoms with E-state index >= 15 is 0 Å². The summed E-state index contributed by atoms with van der Waals surface area (Å²) < 4.78 is 11.2. The second kappa shape index (κ2) is 6.02. The number of thiazole rings is 1. The molecule has 4 aliphatic heterocycles. The van der Waals surface area contributed by atoms with Crippen LogP contribution < -0.4 is 9.64 Å². The summed E-state index contributed by atoms with van der Waals surface area (Å²) in [5, 5.41) is 14.8. The maximum atomic E-state index is 13.2. The molecule has 6 atom stereocenters. The van der Waals surface area contributed by atoms with Crippen LogP contribution in [0.15, 0.2) is 29.6 Å². The lowest BCUT2D eigenvalue weighted by atomic mass is 9.71. The third-order valence-electron chi connectivity index (χ3n) is 6.32. The molecule has 1 aromatic heterocycles. The fourth-order valence-corrected chi connectivity index (χ4v) is 5.85. The first-order valence-electron chi connectivity index (χ1n) is 9.56. The molecule has 0 aliphatic carbocycles. The van der Waals surface area contributed by atoms with Crippen molar-refractivity contribution in [2.75, 3.05) is 12.0 Å². The zero-order valence-corrected chi connectivity index (χ0v) is 16.8. The first-order chi connectivity index (χ1) is 14.5. The van der Waals surface area contributed by atoms with Crippen LogP contribution in [-0.4, -0.2) is 53.0 Å². The monoisotopic (exact) mass is 427 g/mol. The van der Waals surface area contributed by atoms with Crippen LogP contribution in [0, 0.1) is 24.7 Å². The largest absolute Gasteiger partial charge is 0.504 e. The van der Waals surface area contributed by atoms with Gasteiger partial charge in [-0.2, -0.15) is 0 Å². The van der Waals surface area contributed by atoms with Gasteiger partial charge in [-0.1, -0.05) is 5.16 Å². The smallest absolute Gasteiger partial charge is 0.242 e. The number of oxime groups is 1. The maximum Gasteiger partial charge on any atom is 0.242 e. The van der Waals surface area contributed by atoms with Gasteiger partial charge in [0.2, 0.25) is 11.8 Å². The lowest BCUT2D eigenvalue weighted by Crippen LogP contribution is -2.45. The number of carbonyl (C=O) groups is 2. The van der Waals surface area contributed by atoms with Gasteiger partial charge in [-0.25, -0.2) is 9.88 Å². The Balaban J connectivity index is 1.34. The molecule has 2 bridgehead atoms. The Morgan fingerprint density at radius 1 is 1.13 bits per heavy atom. The van der Waals surface area contributed by atoms with Gasteiger partial charge in [0.1, 0.15) is 6.10 Å². The van der Waals surface area contributed by atoms with Crippen LogP contribution in [0.25, 0.3) is 0 Å². The van der Waals surface area contributed by atoms with Crippen LogP contribution in [0.2, 0.25) is 0 Å². The zero-order valence-electron chi connectivity index (χ0n) is 16.0. The molecule has 10 heteroatoms. The Labute approximate surface area is 174 Å². The van der Waals surface area contributed by atoms with Crippen molar-refractivity contribution in [1.82, 2.24) is 4.98 Å². The van der Waals surface area contributed by atoms with E-state index in [4.69, 9.17) is 14.3 Å². The molecule has 3 fully saturated rings. The predicted octanol–water partition coefficient (Wildman–Crippen LogP) is 1.47. The van der Waals surface area contributed by atoms with Gasteiger partial charge < -0.3 is 19.4 Å². The average Bonchev–Trinajstić information content (AvgIpc) is 3.50. The number of anilines is 1. The molecule has 6 unspecified atom stereocenters. The topological polar surface area (TPSA) is 111 Å². The molecule has 0 radical (unpaired) electrons. The number of nitrogens with zero attached hydrogens (tertiary/aromatic N) is 3. The van der Waals surface area contributed by atoms with E-state index in [0.717, 1.165) is 4.88 Å². The predicted molar refractivity (Wildman–Crippen MR) is 105 cm³/mol. The van der Waals surface area contributed by atoms with E-state index in [-0.39, 0.29) is 23.5 Å². The molecule has 2 amide bonds. The van der Waals surface area contributed by atoms with Crippen LogP contribution in [0.3, 0.4) is 0 Å². The number of rotatable bonds is 3. The Morgan fingerprint density at radius 2 is 1.90 bits per heavy atom. The molecule has 4 aliphatic rings. The van der Waals surface area contributed by atoms with Crippen LogP contribution >= 0.6 is 11.3 Å². The van der Waals surface area contributed by atoms with Crippen LogP contribution in [0.1, 0.15) is 10.4 Å². The summed E-state index contributed by atoms with van der Waals surface area (Å²) in [5.74, 6) is -1.71. The highest BCUT2D eigenvalue weighted by molar-refractivity contribution is 7.16. The minimum atomic E-state index is -0.591. The third-order valence-corrected chi connectivity index (χ3v) is 7.21. The highest BCUT2D eigenvalue weighted by Gasteiger charge is 2.72. The molecule has 6 rings (SSSR count). The molecular formula is C20H17N3O6S. The number of hydrogen-bond acceptors (Lipinski definition) is 9. The summed E-state index contributed by atoms with van der Waals surface area (Å²) in [7, 11) is 1.48. The third kappa shape index (κ3) is 2.15. The molecule has 1 aromatic carbocycles. The Bertz CT molecular complexity index is 1130. The van der Waals surface area contributed by atoms with E-state index in [1.54, 1.807) is 24.4 Å². The summed E-state index contributed by atoms with van der Waals surface area (Å²) >= 11 is 1.32. The number of hydrogen-bond donors (Lipinski definition) is 1. The van der Waals surface area contributed by atoms with Crippen molar-refractivity contribution in [3.63, 3.8) is 0 Å². The fourth-order valence-electron chi connectivity index (χ4n) is 5.08. The molecule has 154 valence electrons. The molecule has 2 aromatic rings. The summed E-state index contributed by atoms with van der Waals surface area (Å²) in [6, 6.07) is 4.98. The SMILES string of the molecule is COc1ccc(C2=NOC3C4OC(C23)C2C(=O)N(c3ncc(C)s3)C(=O)C42)cc1O. The highest BCUT2D eigenvalue weighted by atomic mass is 32.1. The zero-order chi connectivity index (χ0) is 20.7. The number of aryl methyl sites for hydroxylation is 1. The van der Waals surface area contributed by atoms with E-state index in [1.165, 1.54) is 23.3 Å². The number of phenols is 1. The second-order valence-electron chi connectivity index (χ2n) is 7.84. The van der Waals surface area contributed by atoms with Gasteiger partial charge in [0.25, 0.3) is 0 Å². The van der Waals surface area contributed by atoms with Crippen molar-refractivity contribution in [1.29, 1.82) is 0 Å². The van der Waals surface area contributed by atoms with Crippen molar-refractivity contribution >= 4 is 34.0 Å². The molecule has 9 nitrogen and oxygen atoms in total. The van der Waals surface area contributed by atoms with Gasteiger partial charge in [0, 0.05) is 16.6 Å². The fraction of sp³-hybridized carbons (Fsp3) is 0.400. The Hall–Kier alpha value is -2.98. The van der Waals surface area contributed by atoms with Crippen molar-refractivity contribution in [2.24, 2.45) is 22.9 Å². The van der Waals surface area contributed by atoms with Gasteiger partial charge in [-0.05, 0) is 25.1 Å². The first kappa shape index (κ1) is 17.8. The van der Waals surface area contributed by atoms with Crippen LogP contribution in [-0.2, 0) is 19.2 Å². The highest BCUT2D eigenvalue weighted by Crippen LogP contribution is 2.55. The number of ether oxygens (including phenoxy) is 2. The molecule has 5 heterocycles. The first-order valence-corrected chi connectivity index (χ1v) is 10.4. The van der Waals surface area contributed by atoms with Crippen LogP contribution in [0.4, 0.5) is 5.13 Å². The van der Waals surface area contributed by atoms with Gasteiger partial charge in [0.15, 0.2) is 22.7 Å². The van der Waals surface area contributed by atoms with Crippen molar-refractivity contribution in [3.8, 4) is 11.5 Å². The summed E-state index contributed by atoms with van der Waals surface area (Å²) in [5.41, 5.74) is 1.27. The van der Waals surface area contributed by atoms with Crippen molar-refractivity contribution < 1.29 is 29.0 Å². The molecule has 3 saturated heterocycles. The molecule has 0 spiro atoms. The van der Waals surface area contributed by atoms with Gasteiger partial charge in [-0.15, -0.1) is 11.3 Å². The van der Waals surface area contributed by atoms with E-state index in [0.29, 0.717) is 22.2 Å². The van der Waals surface area contributed by atoms with Crippen molar-refractivity contribution in [3.05, 3.63) is 34.8 Å². The number of fused-ring (bicyclic) bond motifs is 8. The number of aromatic nitrogens is 1. The lowest BCUT2D eigenvalue weighted by molar-refractivity contribution is -0.125. The summed E-state index contributed by atoms with van der Waals surface area (Å²) in [6.45, 7) is 1.88. The minimum absolute atomic E-state index is 0.0134. The normalized spacial score (nSPS) is 33.5. The Kier molecular flexibility index (Phi) is 3.58. The number of phenolic OH excluding ortho intramolecular Hbond substituents is 1. The Morgan fingerprint density at radius 3 is 2.57 bits per heavy atom. The molecular weight excluding hydrogens is 410 g/mol. The molecule has 1 N–H and O–H groups in total. The summed E-state index contributed by atoms with van der Waals surface area (Å²) in [6.07, 6.45) is 0.155. The quantitative estimate of drug-likeness (QED) is 0.739. The molecule has 0 saturated carbocycles. The standard InChI is InChI=1S/C20H17N3O6S/c1-7-6-21-20(30-7)23-18(25)11-12(19(23)26)16-17-13(15(11)28-16)14(22-29-17)8-3-4-10(27-2)9(24)5-8/h3-6,11-13,15-17,24H,1-2H3. The summed E-state index contributed by atoms with van der Waals surface area (Å²) in [4.78, 5) is 38.3. The van der Waals surface area contributed by atoms with Crippen molar-refractivity contribution in [2.45, 2.75) is 25.2 Å². The minimum Gasteiger partial charge on any atom is -0.504 e. The number of amides is 2.